The molecule has 0 aromatic rings. The van der Waals surface area contributed by atoms with Crippen LogP contribution in [0.15, 0.2) is 0 Å². The van der Waals surface area contributed by atoms with Crippen LogP contribution in [0.4, 0.5) is 0 Å². The summed E-state index contributed by atoms with van der Waals surface area (Å²) in [5.41, 5.74) is 5.24. The Morgan fingerprint density at radius 2 is 1.78 bits per heavy atom. The van der Waals surface area contributed by atoms with E-state index < -0.39 is 0 Å². The van der Waals surface area contributed by atoms with Crippen LogP contribution in [0, 0.1) is 11.3 Å². The van der Waals surface area contributed by atoms with Gasteiger partial charge in [-0.25, -0.2) is 0 Å². The molecule has 0 atom stereocenters. The van der Waals surface area contributed by atoms with E-state index in [1.54, 1.807) is 0 Å². The van der Waals surface area contributed by atoms with Crippen molar-refractivity contribution in [2.75, 3.05) is 0 Å². The minimum atomic E-state index is 0. The van der Waals surface area contributed by atoms with E-state index in [2.05, 4.69) is 13.8 Å². The second-order valence-corrected chi connectivity index (χ2v) is 1.97. The third-order valence-electron chi connectivity index (χ3n) is 1.43. The van der Waals surface area contributed by atoms with Crippen molar-refractivity contribution in [3.63, 3.8) is 0 Å². The van der Waals surface area contributed by atoms with Crippen molar-refractivity contribution in [3.05, 3.63) is 0 Å². The minimum Gasteiger partial charge on any atom is -0.387 e. The summed E-state index contributed by atoms with van der Waals surface area (Å²) in [7, 11) is 0. The van der Waals surface area contributed by atoms with E-state index in [1.807, 2.05) is 0 Å². The van der Waals surface area contributed by atoms with Crippen molar-refractivity contribution in [2.45, 2.75) is 34.1 Å². The molecule has 0 aromatic heterocycles. The molecule has 0 aliphatic carbocycles. The molecule has 0 fully saturated rings. The third-order valence-corrected chi connectivity index (χ3v) is 1.43. The number of hydrogen-bond acceptors (Lipinski definition) is 1. The first-order chi connectivity index (χ1) is 3.72. The largest absolute Gasteiger partial charge is 0.387 e. The summed E-state index contributed by atoms with van der Waals surface area (Å²) in [5.74, 6) is 0.644. The molecule has 0 radical (unpaired) electrons. The average Bonchev–Trinajstić information content (AvgIpc) is 1.69. The lowest BCUT2D eigenvalue weighted by Gasteiger charge is -2.07. The zero-order valence-corrected chi connectivity index (χ0v) is 5.57. The first-order valence-corrected chi connectivity index (χ1v) is 3.06. The van der Waals surface area contributed by atoms with Gasteiger partial charge in [0.25, 0.3) is 0 Å². The van der Waals surface area contributed by atoms with Crippen molar-refractivity contribution in [3.8, 4) is 0 Å². The Labute approximate surface area is 58.0 Å². The van der Waals surface area contributed by atoms with E-state index in [0.717, 1.165) is 12.8 Å². The van der Waals surface area contributed by atoms with Gasteiger partial charge in [-0.3, -0.25) is 5.41 Å². The molecular formula is C7H18N2. The van der Waals surface area contributed by atoms with Gasteiger partial charge in [0.15, 0.2) is 0 Å². The molecule has 0 rings (SSSR count). The number of nitrogens with two attached hydrogens (primary N) is 1. The molecule has 2 nitrogen and oxygen atoms in total. The van der Waals surface area contributed by atoms with Gasteiger partial charge in [-0.2, -0.15) is 0 Å². The molecule has 2 heteroatoms. The van der Waals surface area contributed by atoms with E-state index in [4.69, 9.17) is 11.1 Å². The molecule has 0 saturated carbocycles. The van der Waals surface area contributed by atoms with Crippen molar-refractivity contribution < 1.29 is 0 Å². The summed E-state index contributed by atoms with van der Waals surface area (Å²) < 4.78 is 0. The van der Waals surface area contributed by atoms with Crippen LogP contribution in [0.3, 0.4) is 0 Å². The Morgan fingerprint density at radius 1 is 1.44 bits per heavy atom. The second kappa shape index (κ2) is 5.60. The summed E-state index contributed by atoms with van der Waals surface area (Å²) >= 11 is 0. The van der Waals surface area contributed by atoms with Crippen molar-refractivity contribution in [1.29, 1.82) is 5.41 Å². The molecular weight excluding hydrogens is 112 g/mol. The Kier molecular flexibility index (Phi) is 7.03. The van der Waals surface area contributed by atoms with Crippen LogP contribution in [0.25, 0.3) is 0 Å². The summed E-state index contributed by atoms with van der Waals surface area (Å²) in [6, 6.07) is 0. The molecule has 0 spiro atoms. The van der Waals surface area contributed by atoms with Gasteiger partial charge in [-0.1, -0.05) is 21.3 Å². The van der Waals surface area contributed by atoms with Gasteiger partial charge in [0, 0.05) is 5.92 Å². The van der Waals surface area contributed by atoms with Gasteiger partial charge in [0.1, 0.15) is 0 Å². The molecule has 9 heavy (non-hydrogen) atoms. The summed E-state index contributed by atoms with van der Waals surface area (Å²) in [4.78, 5) is 0. The average molecular weight is 130 g/mol. The Bertz CT molecular complexity index is 75.0. The van der Waals surface area contributed by atoms with E-state index in [-0.39, 0.29) is 7.43 Å². The molecule has 0 amide bonds. The zero-order valence-electron chi connectivity index (χ0n) is 5.57. The molecule has 56 valence electrons. The van der Waals surface area contributed by atoms with Crippen molar-refractivity contribution >= 4 is 5.84 Å². The van der Waals surface area contributed by atoms with E-state index in [0.29, 0.717) is 11.8 Å². The topological polar surface area (TPSA) is 49.9 Å². The molecule has 0 aliphatic heterocycles. The van der Waals surface area contributed by atoms with Gasteiger partial charge in [-0.05, 0) is 12.8 Å². The first kappa shape index (κ1) is 11.3. The zero-order chi connectivity index (χ0) is 6.57. The van der Waals surface area contributed by atoms with Crippen LogP contribution in [0.2, 0.25) is 0 Å². The summed E-state index contributed by atoms with van der Waals surface area (Å²) in [5, 5.41) is 7.03. The van der Waals surface area contributed by atoms with Crippen LogP contribution in [0.1, 0.15) is 34.1 Å². The lowest BCUT2D eigenvalue weighted by molar-refractivity contribution is 0.634. The lowest BCUT2D eigenvalue weighted by Crippen LogP contribution is -2.20. The van der Waals surface area contributed by atoms with E-state index in [1.165, 1.54) is 0 Å². The molecule has 0 aromatic carbocycles. The third kappa shape index (κ3) is 4.01. The molecule has 0 bridgehead atoms. The first-order valence-electron chi connectivity index (χ1n) is 3.06. The normalized spacial score (nSPS) is 8.78. The maximum absolute atomic E-state index is 7.03. The maximum Gasteiger partial charge on any atom is 0.0936 e. The van der Waals surface area contributed by atoms with Crippen LogP contribution < -0.4 is 5.73 Å². The monoisotopic (exact) mass is 130 g/mol. The maximum atomic E-state index is 7.03. The van der Waals surface area contributed by atoms with Crippen molar-refractivity contribution in [1.82, 2.24) is 0 Å². The number of rotatable bonds is 3. The Morgan fingerprint density at radius 3 is 1.78 bits per heavy atom. The SMILES string of the molecule is C.CCC(CC)C(=N)N. The predicted molar refractivity (Wildman–Crippen MR) is 42.7 cm³/mol. The second-order valence-electron chi connectivity index (χ2n) is 1.97. The van der Waals surface area contributed by atoms with Gasteiger partial charge in [0.2, 0.25) is 0 Å². The lowest BCUT2D eigenvalue weighted by atomic mass is 10.0. The van der Waals surface area contributed by atoms with Gasteiger partial charge >= 0.3 is 0 Å². The number of hydrogen-bond donors (Lipinski definition) is 2. The van der Waals surface area contributed by atoms with Crippen LogP contribution in [0.5, 0.6) is 0 Å². The Balaban J connectivity index is 0. The molecule has 0 unspecified atom stereocenters. The minimum absolute atomic E-state index is 0. The van der Waals surface area contributed by atoms with Gasteiger partial charge in [0.05, 0.1) is 5.84 Å². The fraction of sp³-hybridized carbons (Fsp3) is 0.857. The molecule has 3 N–H and O–H groups in total. The van der Waals surface area contributed by atoms with Gasteiger partial charge < -0.3 is 5.73 Å². The van der Waals surface area contributed by atoms with Crippen LogP contribution >= 0.6 is 0 Å². The molecule has 0 saturated heterocycles. The highest BCUT2D eigenvalue weighted by Gasteiger charge is 2.03. The van der Waals surface area contributed by atoms with Gasteiger partial charge in [-0.15, -0.1) is 0 Å². The number of amidine groups is 1. The van der Waals surface area contributed by atoms with E-state index >= 15 is 0 Å². The highest BCUT2D eigenvalue weighted by Crippen LogP contribution is 2.04. The number of nitrogens with one attached hydrogen (secondary N) is 1. The smallest absolute Gasteiger partial charge is 0.0936 e. The van der Waals surface area contributed by atoms with Crippen LogP contribution in [-0.4, -0.2) is 5.84 Å². The quantitative estimate of drug-likeness (QED) is 0.445. The Hall–Kier alpha value is -0.530. The summed E-state index contributed by atoms with van der Waals surface area (Å²) in [6.07, 6.45) is 1.98. The fourth-order valence-corrected chi connectivity index (χ4v) is 0.729. The fourth-order valence-electron chi connectivity index (χ4n) is 0.729. The standard InChI is InChI=1S/C6H14N2.CH4/c1-3-5(4-2)6(7)8;/h5H,3-4H2,1-2H3,(H3,7,8);1H4. The highest BCUT2D eigenvalue weighted by molar-refractivity contribution is 5.79. The van der Waals surface area contributed by atoms with Crippen molar-refractivity contribution in [2.24, 2.45) is 11.7 Å². The highest BCUT2D eigenvalue weighted by atomic mass is 14.7. The van der Waals surface area contributed by atoms with E-state index in [9.17, 15) is 0 Å². The van der Waals surface area contributed by atoms with Crippen LogP contribution in [-0.2, 0) is 0 Å². The molecule has 0 aliphatic rings. The predicted octanol–water partition coefficient (Wildman–Crippen LogP) is 1.99. The summed E-state index contributed by atoms with van der Waals surface area (Å²) in [6.45, 7) is 4.10. The molecule has 0 heterocycles.